The number of aromatic nitrogens is 2. The number of likely N-dealkylation sites (N-methyl/N-ethyl adjacent to an activating group) is 1. The number of carbonyl (C=O) groups excluding carboxylic acids is 3. The highest BCUT2D eigenvalue weighted by Crippen LogP contribution is 2.18. The van der Waals surface area contributed by atoms with Crippen molar-refractivity contribution in [1.82, 2.24) is 24.9 Å². The molecule has 0 radical (unpaired) electrons. The SMILES string of the molecule is Cc1ccccc1CN1CCCn2nc(C(=O)N(C)CC(=O)NCCc3ccccc3)cc2C1=O. The first kappa shape index (κ1) is 24.2. The maximum Gasteiger partial charge on any atom is 0.274 e. The number of aryl methyl sites for hydroxylation is 2. The molecule has 0 aliphatic carbocycles. The van der Waals surface area contributed by atoms with E-state index in [0.717, 1.165) is 29.5 Å². The van der Waals surface area contributed by atoms with Gasteiger partial charge in [0.1, 0.15) is 5.69 Å². The first-order valence-electron chi connectivity index (χ1n) is 11.9. The van der Waals surface area contributed by atoms with Gasteiger partial charge < -0.3 is 15.1 Å². The summed E-state index contributed by atoms with van der Waals surface area (Å²) < 4.78 is 1.61. The Morgan fingerprint density at radius 2 is 1.80 bits per heavy atom. The zero-order valence-corrected chi connectivity index (χ0v) is 20.2. The number of carbonyl (C=O) groups is 3. The highest BCUT2D eigenvalue weighted by Gasteiger charge is 2.27. The Balaban J connectivity index is 1.36. The number of hydrogen-bond acceptors (Lipinski definition) is 4. The van der Waals surface area contributed by atoms with Gasteiger partial charge in [0.15, 0.2) is 5.69 Å². The number of amides is 3. The van der Waals surface area contributed by atoms with E-state index in [-0.39, 0.29) is 30.0 Å². The second kappa shape index (κ2) is 11.0. The molecule has 0 bridgehead atoms. The van der Waals surface area contributed by atoms with Crippen LogP contribution in [0.3, 0.4) is 0 Å². The molecular weight excluding hydrogens is 442 g/mol. The summed E-state index contributed by atoms with van der Waals surface area (Å²) in [6.07, 6.45) is 1.47. The molecule has 0 unspecified atom stereocenters. The van der Waals surface area contributed by atoms with Gasteiger partial charge in [0.25, 0.3) is 11.8 Å². The largest absolute Gasteiger partial charge is 0.354 e. The fourth-order valence-electron chi connectivity index (χ4n) is 4.21. The van der Waals surface area contributed by atoms with E-state index in [1.54, 1.807) is 22.7 Å². The van der Waals surface area contributed by atoms with Crippen molar-refractivity contribution in [2.45, 2.75) is 32.9 Å². The molecule has 3 amide bonds. The van der Waals surface area contributed by atoms with E-state index in [1.165, 1.54) is 4.90 Å². The van der Waals surface area contributed by atoms with Crippen LogP contribution < -0.4 is 5.32 Å². The Labute approximate surface area is 205 Å². The molecule has 0 fully saturated rings. The molecule has 0 spiro atoms. The molecule has 182 valence electrons. The number of nitrogens with one attached hydrogen (secondary N) is 1. The van der Waals surface area contributed by atoms with Crippen LogP contribution in [0.5, 0.6) is 0 Å². The van der Waals surface area contributed by atoms with Crippen molar-refractivity contribution in [2.75, 3.05) is 26.7 Å². The van der Waals surface area contributed by atoms with Crippen LogP contribution >= 0.6 is 0 Å². The van der Waals surface area contributed by atoms with Crippen LogP contribution in [0.25, 0.3) is 0 Å². The van der Waals surface area contributed by atoms with Gasteiger partial charge in [0.2, 0.25) is 5.91 Å². The second-order valence-electron chi connectivity index (χ2n) is 8.89. The molecule has 0 atom stereocenters. The molecule has 0 saturated carbocycles. The minimum Gasteiger partial charge on any atom is -0.354 e. The van der Waals surface area contributed by atoms with Gasteiger partial charge in [-0.05, 0) is 36.5 Å². The molecule has 8 nitrogen and oxygen atoms in total. The standard InChI is InChI=1S/C27H31N5O3/c1-20-9-6-7-12-22(20)18-31-15-8-16-32-24(27(31)35)17-23(29-32)26(34)30(2)19-25(33)28-14-13-21-10-4-3-5-11-21/h3-7,9-12,17H,8,13-16,18-19H2,1-2H3,(H,28,33). The lowest BCUT2D eigenvalue weighted by Gasteiger charge is -2.21. The molecule has 4 rings (SSSR count). The molecule has 35 heavy (non-hydrogen) atoms. The Morgan fingerprint density at radius 3 is 2.57 bits per heavy atom. The molecule has 0 saturated heterocycles. The molecule has 1 N–H and O–H groups in total. The molecule has 3 aromatic rings. The van der Waals surface area contributed by atoms with Crippen molar-refractivity contribution in [3.63, 3.8) is 0 Å². The summed E-state index contributed by atoms with van der Waals surface area (Å²) in [6.45, 7) is 4.15. The lowest BCUT2D eigenvalue weighted by Crippen LogP contribution is -2.39. The Hall–Kier alpha value is -3.94. The van der Waals surface area contributed by atoms with Gasteiger partial charge in [-0.15, -0.1) is 0 Å². The van der Waals surface area contributed by atoms with Crippen LogP contribution in [-0.4, -0.2) is 64.0 Å². The van der Waals surface area contributed by atoms with E-state index in [2.05, 4.69) is 10.4 Å². The van der Waals surface area contributed by atoms with Gasteiger partial charge in [-0.3, -0.25) is 19.1 Å². The van der Waals surface area contributed by atoms with Gasteiger partial charge in [-0.2, -0.15) is 5.10 Å². The predicted molar refractivity (Wildman–Crippen MR) is 133 cm³/mol. The van der Waals surface area contributed by atoms with E-state index in [0.29, 0.717) is 31.9 Å². The number of nitrogens with zero attached hydrogens (tertiary/aromatic N) is 4. The summed E-state index contributed by atoms with van der Waals surface area (Å²) in [5.41, 5.74) is 3.95. The molecule has 2 aromatic carbocycles. The topological polar surface area (TPSA) is 87.5 Å². The monoisotopic (exact) mass is 473 g/mol. The van der Waals surface area contributed by atoms with Crippen molar-refractivity contribution < 1.29 is 14.4 Å². The lowest BCUT2D eigenvalue weighted by atomic mass is 10.1. The first-order valence-corrected chi connectivity index (χ1v) is 11.9. The average molecular weight is 474 g/mol. The van der Waals surface area contributed by atoms with E-state index in [9.17, 15) is 14.4 Å². The van der Waals surface area contributed by atoms with Crippen LogP contribution in [0, 0.1) is 6.92 Å². The number of rotatable bonds is 8. The third-order valence-corrected chi connectivity index (χ3v) is 6.23. The first-order chi connectivity index (χ1) is 16.9. The minimum atomic E-state index is -0.387. The third-order valence-electron chi connectivity index (χ3n) is 6.23. The van der Waals surface area contributed by atoms with Crippen LogP contribution in [-0.2, 0) is 24.3 Å². The van der Waals surface area contributed by atoms with E-state index < -0.39 is 0 Å². The summed E-state index contributed by atoms with van der Waals surface area (Å²) in [7, 11) is 1.57. The zero-order valence-electron chi connectivity index (χ0n) is 20.2. The minimum absolute atomic E-state index is 0.0802. The maximum atomic E-state index is 13.2. The Kier molecular flexibility index (Phi) is 7.60. The van der Waals surface area contributed by atoms with Crippen molar-refractivity contribution in [3.8, 4) is 0 Å². The fourth-order valence-corrected chi connectivity index (χ4v) is 4.21. The molecule has 1 aliphatic heterocycles. The smallest absolute Gasteiger partial charge is 0.274 e. The lowest BCUT2D eigenvalue weighted by molar-refractivity contribution is -0.121. The third kappa shape index (κ3) is 5.95. The van der Waals surface area contributed by atoms with Crippen molar-refractivity contribution in [2.24, 2.45) is 0 Å². The predicted octanol–water partition coefficient (Wildman–Crippen LogP) is 2.67. The van der Waals surface area contributed by atoms with Crippen LogP contribution in [0.4, 0.5) is 0 Å². The van der Waals surface area contributed by atoms with Gasteiger partial charge in [-0.25, -0.2) is 0 Å². The van der Waals surface area contributed by atoms with E-state index in [4.69, 9.17) is 0 Å². The summed E-state index contributed by atoms with van der Waals surface area (Å²) in [5, 5.41) is 7.24. The highest BCUT2D eigenvalue weighted by molar-refractivity contribution is 5.99. The van der Waals surface area contributed by atoms with Gasteiger partial charge in [-0.1, -0.05) is 54.6 Å². The van der Waals surface area contributed by atoms with Crippen LogP contribution in [0.2, 0.25) is 0 Å². The Morgan fingerprint density at radius 1 is 1.06 bits per heavy atom. The van der Waals surface area contributed by atoms with Crippen LogP contribution in [0.1, 0.15) is 44.1 Å². The summed E-state index contributed by atoms with van der Waals surface area (Å²) in [6, 6.07) is 19.5. The molecular formula is C27H31N5O3. The summed E-state index contributed by atoms with van der Waals surface area (Å²) in [4.78, 5) is 41.7. The summed E-state index contributed by atoms with van der Waals surface area (Å²) >= 11 is 0. The highest BCUT2D eigenvalue weighted by atomic mass is 16.2. The van der Waals surface area contributed by atoms with E-state index >= 15 is 0 Å². The van der Waals surface area contributed by atoms with Crippen molar-refractivity contribution in [1.29, 1.82) is 0 Å². The zero-order chi connectivity index (χ0) is 24.8. The van der Waals surface area contributed by atoms with E-state index in [1.807, 2.05) is 61.5 Å². The van der Waals surface area contributed by atoms with Crippen LogP contribution in [0.15, 0.2) is 60.7 Å². The fraction of sp³-hybridized carbons (Fsp3) is 0.333. The van der Waals surface area contributed by atoms with Crippen molar-refractivity contribution >= 4 is 17.7 Å². The van der Waals surface area contributed by atoms with Gasteiger partial charge in [0, 0.05) is 39.3 Å². The quantitative estimate of drug-likeness (QED) is 0.545. The van der Waals surface area contributed by atoms with Gasteiger partial charge in [0.05, 0.1) is 6.54 Å². The van der Waals surface area contributed by atoms with Crippen molar-refractivity contribution in [3.05, 3.63) is 88.7 Å². The summed E-state index contributed by atoms with van der Waals surface area (Å²) in [5.74, 6) is -0.765. The maximum absolute atomic E-state index is 13.2. The second-order valence-corrected chi connectivity index (χ2v) is 8.89. The molecule has 8 heteroatoms. The van der Waals surface area contributed by atoms with Gasteiger partial charge >= 0.3 is 0 Å². The molecule has 1 aromatic heterocycles. The Bertz CT molecular complexity index is 1200. The molecule has 1 aliphatic rings. The normalized spacial score (nSPS) is 13.2. The molecule has 2 heterocycles. The number of fused-ring (bicyclic) bond motifs is 1. The number of benzene rings is 2. The average Bonchev–Trinajstić information content (AvgIpc) is 3.22. The number of hydrogen-bond donors (Lipinski definition) is 1.